The molecule has 0 saturated heterocycles. The minimum absolute atomic E-state index is 0.270. The van der Waals surface area contributed by atoms with Crippen LogP contribution in [0.15, 0.2) is 71.1 Å². The van der Waals surface area contributed by atoms with E-state index in [0.717, 1.165) is 17.1 Å². The van der Waals surface area contributed by atoms with Gasteiger partial charge in [-0.05, 0) is 55.5 Å². The summed E-state index contributed by atoms with van der Waals surface area (Å²) in [5.41, 5.74) is 0.978. The number of furan rings is 1. The molecule has 0 spiro atoms. The van der Waals surface area contributed by atoms with Gasteiger partial charge in [0, 0.05) is 5.56 Å². The monoisotopic (exact) mass is 268 g/mol. The highest BCUT2D eigenvalue weighted by Crippen LogP contribution is 2.23. The van der Waals surface area contributed by atoms with Crippen LogP contribution in [0, 0.1) is 6.92 Å². The highest BCUT2D eigenvalue weighted by atomic mass is 16.3. The van der Waals surface area contributed by atoms with E-state index in [1.165, 1.54) is 0 Å². The Morgan fingerprint density at radius 2 is 1.30 bits per heavy atom. The third-order valence-electron chi connectivity index (χ3n) is 2.65. The number of hydrogen-bond donors (Lipinski definition) is 2. The second-order valence-corrected chi connectivity index (χ2v) is 4.29. The van der Waals surface area contributed by atoms with Crippen molar-refractivity contribution in [2.75, 3.05) is 0 Å². The summed E-state index contributed by atoms with van der Waals surface area (Å²) in [6.07, 6.45) is 0. The van der Waals surface area contributed by atoms with Gasteiger partial charge in [0.25, 0.3) is 0 Å². The van der Waals surface area contributed by atoms with Gasteiger partial charge in [-0.1, -0.05) is 18.2 Å². The Hall–Kier alpha value is -2.68. The Kier molecular flexibility index (Phi) is 4.45. The fourth-order valence-electron chi connectivity index (χ4n) is 1.64. The Balaban J connectivity index is 0.000000178. The van der Waals surface area contributed by atoms with E-state index in [4.69, 9.17) is 14.6 Å². The molecule has 0 fully saturated rings. The molecule has 0 radical (unpaired) electrons. The van der Waals surface area contributed by atoms with Crippen LogP contribution in [0.1, 0.15) is 5.76 Å². The molecule has 0 amide bonds. The number of benzene rings is 2. The molecule has 3 heteroatoms. The highest BCUT2D eigenvalue weighted by molar-refractivity contribution is 5.58. The predicted molar refractivity (Wildman–Crippen MR) is 78.7 cm³/mol. The van der Waals surface area contributed by atoms with E-state index in [0.29, 0.717) is 5.75 Å². The molecule has 3 aromatic rings. The van der Waals surface area contributed by atoms with E-state index in [9.17, 15) is 0 Å². The van der Waals surface area contributed by atoms with Crippen molar-refractivity contribution in [2.45, 2.75) is 6.92 Å². The van der Waals surface area contributed by atoms with E-state index < -0.39 is 0 Å². The van der Waals surface area contributed by atoms with Crippen LogP contribution < -0.4 is 0 Å². The molecule has 20 heavy (non-hydrogen) atoms. The number of para-hydroxylation sites is 1. The molecule has 2 N–H and O–H groups in total. The summed E-state index contributed by atoms with van der Waals surface area (Å²) in [6, 6.07) is 19.5. The Morgan fingerprint density at radius 1 is 0.700 bits per heavy atom. The number of phenolic OH excluding ortho intramolecular Hbond substituents is 2. The maximum absolute atomic E-state index is 9.08. The van der Waals surface area contributed by atoms with Crippen molar-refractivity contribution in [1.82, 2.24) is 0 Å². The first kappa shape index (κ1) is 13.7. The van der Waals surface area contributed by atoms with Crippen molar-refractivity contribution in [3.63, 3.8) is 0 Å². The third-order valence-corrected chi connectivity index (χ3v) is 2.65. The summed E-state index contributed by atoms with van der Waals surface area (Å²) in [4.78, 5) is 0. The normalized spacial score (nSPS) is 9.65. The first-order valence-electron chi connectivity index (χ1n) is 6.25. The predicted octanol–water partition coefficient (Wildman–Crippen LogP) is 4.35. The molecule has 0 aliphatic carbocycles. The van der Waals surface area contributed by atoms with Crippen LogP contribution in [0.5, 0.6) is 11.5 Å². The van der Waals surface area contributed by atoms with Gasteiger partial charge in [0.2, 0.25) is 0 Å². The lowest BCUT2D eigenvalue weighted by molar-refractivity contribution is 0.474. The molecule has 0 unspecified atom stereocenters. The minimum atomic E-state index is 0.270. The molecule has 2 aromatic carbocycles. The van der Waals surface area contributed by atoms with Gasteiger partial charge >= 0.3 is 0 Å². The Bertz CT molecular complexity index is 640. The fourth-order valence-corrected chi connectivity index (χ4v) is 1.64. The third kappa shape index (κ3) is 3.92. The van der Waals surface area contributed by atoms with E-state index >= 15 is 0 Å². The largest absolute Gasteiger partial charge is 0.508 e. The van der Waals surface area contributed by atoms with Gasteiger partial charge in [-0.25, -0.2) is 0 Å². The van der Waals surface area contributed by atoms with E-state index in [2.05, 4.69) is 0 Å². The van der Waals surface area contributed by atoms with Gasteiger partial charge in [0.1, 0.15) is 23.0 Å². The number of hydrogen-bond acceptors (Lipinski definition) is 3. The Labute approximate surface area is 117 Å². The lowest BCUT2D eigenvalue weighted by Crippen LogP contribution is -1.71. The van der Waals surface area contributed by atoms with Crippen molar-refractivity contribution in [3.05, 3.63) is 72.5 Å². The number of aromatic hydroxyl groups is 2. The quantitative estimate of drug-likeness (QED) is 0.689. The van der Waals surface area contributed by atoms with Crippen LogP contribution in [0.2, 0.25) is 0 Å². The van der Waals surface area contributed by atoms with Crippen LogP contribution in [0.3, 0.4) is 0 Å². The molecule has 0 saturated carbocycles. The van der Waals surface area contributed by atoms with Crippen LogP contribution in [-0.4, -0.2) is 10.2 Å². The smallest absolute Gasteiger partial charge is 0.134 e. The zero-order valence-corrected chi connectivity index (χ0v) is 11.2. The van der Waals surface area contributed by atoms with Crippen molar-refractivity contribution < 1.29 is 14.6 Å². The molecule has 1 aromatic heterocycles. The number of rotatable bonds is 1. The average molecular weight is 268 g/mol. The van der Waals surface area contributed by atoms with E-state index in [-0.39, 0.29) is 5.75 Å². The van der Waals surface area contributed by atoms with Crippen LogP contribution in [-0.2, 0) is 0 Å². The second-order valence-electron chi connectivity index (χ2n) is 4.29. The summed E-state index contributed by atoms with van der Waals surface area (Å²) in [5.74, 6) is 2.31. The summed E-state index contributed by atoms with van der Waals surface area (Å²) in [6.45, 7) is 1.91. The SMILES string of the molecule is Cc1ccc(-c2ccc(O)cc2)o1.Oc1ccccc1. The zero-order valence-electron chi connectivity index (χ0n) is 11.2. The fraction of sp³-hybridized carbons (Fsp3) is 0.0588. The Morgan fingerprint density at radius 3 is 1.75 bits per heavy atom. The standard InChI is InChI=1S/C11H10O2.C6H6O/c1-8-2-7-11(13-8)9-3-5-10(12)6-4-9;7-6-4-2-1-3-5-6/h2-7,12H,1H3;1-5,7H. The molecular weight excluding hydrogens is 252 g/mol. The number of phenols is 2. The van der Waals surface area contributed by atoms with Crippen LogP contribution in [0.4, 0.5) is 0 Å². The topological polar surface area (TPSA) is 53.6 Å². The molecule has 0 bridgehead atoms. The van der Waals surface area contributed by atoms with Gasteiger partial charge in [0.15, 0.2) is 0 Å². The molecule has 0 aliphatic rings. The van der Waals surface area contributed by atoms with E-state index in [1.54, 1.807) is 36.4 Å². The van der Waals surface area contributed by atoms with Gasteiger partial charge in [-0.2, -0.15) is 0 Å². The molecule has 0 atom stereocenters. The van der Waals surface area contributed by atoms with Gasteiger partial charge in [0.05, 0.1) is 0 Å². The van der Waals surface area contributed by atoms with E-state index in [1.807, 2.05) is 37.3 Å². The minimum Gasteiger partial charge on any atom is -0.508 e. The molecule has 3 rings (SSSR count). The van der Waals surface area contributed by atoms with Gasteiger partial charge < -0.3 is 14.6 Å². The second kappa shape index (κ2) is 6.48. The van der Waals surface area contributed by atoms with Crippen molar-refractivity contribution in [1.29, 1.82) is 0 Å². The van der Waals surface area contributed by atoms with Crippen molar-refractivity contribution in [2.24, 2.45) is 0 Å². The summed E-state index contributed by atoms with van der Waals surface area (Å²) in [5, 5.41) is 17.7. The van der Waals surface area contributed by atoms with Gasteiger partial charge in [-0.3, -0.25) is 0 Å². The lowest BCUT2D eigenvalue weighted by atomic mass is 10.2. The molecular formula is C17H16O3. The average Bonchev–Trinajstić information content (AvgIpc) is 2.88. The van der Waals surface area contributed by atoms with Crippen molar-refractivity contribution >= 4 is 0 Å². The van der Waals surface area contributed by atoms with Gasteiger partial charge in [-0.15, -0.1) is 0 Å². The maximum atomic E-state index is 9.08. The molecule has 1 heterocycles. The first-order valence-corrected chi connectivity index (χ1v) is 6.25. The molecule has 3 nitrogen and oxygen atoms in total. The van der Waals surface area contributed by atoms with Crippen LogP contribution in [0.25, 0.3) is 11.3 Å². The number of aryl methyl sites for hydroxylation is 1. The van der Waals surface area contributed by atoms with Crippen molar-refractivity contribution in [3.8, 4) is 22.8 Å². The highest BCUT2D eigenvalue weighted by Gasteiger charge is 2.01. The summed E-state index contributed by atoms with van der Waals surface area (Å²) >= 11 is 0. The maximum Gasteiger partial charge on any atom is 0.134 e. The summed E-state index contributed by atoms with van der Waals surface area (Å²) in [7, 11) is 0. The first-order chi connectivity index (χ1) is 9.65. The lowest BCUT2D eigenvalue weighted by Gasteiger charge is -1.96. The van der Waals surface area contributed by atoms with Crippen LogP contribution >= 0.6 is 0 Å². The summed E-state index contributed by atoms with van der Waals surface area (Å²) < 4.78 is 5.43. The molecule has 102 valence electrons. The zero-order chi connectivity index (χ0) is 14.4. The molecule has 0 aliphatic heterocycles.